The lowest BCUT2D eigenvalue weighted by molar-refractivity contribution is 0.279. The minimum atomic E-state index is -3.48. The molecule has 1 aromatic rings. The molecule has 0 amide bonds. The summed E-state index contributed by atoms with van der Waals surface area (Å²) in [6, 6.07) is 6.76. The highest BCUT2D eigenvalue weighted by atomic mass is 32.2. The minimum Gasteiger partial charge on any atom is -0.323 e. The van der Waals surface area contributed by atoms with Gasteiger partial charge in [0.15, 0.2) is 0 Å². The first-order valence-corrected chi connectivity index (χ1v) is 8.49. The van der Waals surface area contributed by atoms with Crippen molar-refractivity contribution in [3.63, 3.8) is 0 Å². The Labute approximate surface area is 121 Å². The van der Waals surface area contributed by atoms with Crippen LogP contribution in [0.4, 0.5) is 5.69 Å². The Morgan fingerprint density at radius 3 is 2.50 bits per heavy atom. The van der Waals surface area contributed by atoms with E-state index in [1.165, 1.54) is 0 Å². The predicted octanol–water partition coefficient (Wildman–Crippen LogP) is 2.17. The number of hydrogen-bond donors (Lipinski definition) is 2. The van der Waals surface area contributed by atoms with Gasteiger partial charge < -0.3 is 5.43 Å². The number of rotatable bonds is 5. The third kappa shape index (κ3) is 2.55. The molecule has 1 saturated heterocycles. The molecule has 1 heterocycles. The molecule has 0 aliphatic carbocycles. The van der Waals surface area contributed by atoms with E-state index in [0.29, 0.717) is 18.8 Å². The van der Waals surface area contributed by atoms with E-state index in [1.807, 2.05) is 0 Å². The number of nitrogens with zero attached hydrogens (tertiary/aromatic N) is 1. The van der Waals surface area contributed by atoms with Gasteiger partial charge in [0.1, 0.15) is 4.90 Å². The van der Waals surface area contributed by atoms with E-state index in [0.717, 1.165) is 19.3 Å². The summed E-state index contributed by atoms with van der Waals surface area (Å²) in [7, 11) is -3.48. The molecule has 0 radical (unpaired) electrons. The number of hydrogen-bond acceptors (Lipinski definition) is 4. The molecule has 0 saturated carbocycles. The molecule has 0 spiro atoms. The number of para-hydroxylation sites is 1. The zero-order valence-corrected chi connectivity index (χ0v) is 12.9. The summed E-state index contributed by atoms with van der Waals surface area (Å²) in [5.74, 6) is 5.42. The van der Waals surface area contributed by atoms with Crippen molar-refractivity contribution >= 4 is 15.7 Å². The molecule has 0 atom stereocenters. The normalized spacial score (nSPS) is 19.1. The van der Waals surface area contributed by atoms with E-state index in [1.54, 1.807) is 28.6 Å². The van der Waals surface area contributed by atoms with Crippen LogP contribution in [0.25, 0.3) is 0 Å². The van der Waals surface area contributed by atoms with E-state index in [4.69, 9.17) is 5.84 Å². The van der Waals surface area contributed by atoms with Gasteiger partial charge in [0.2, 0.25) is 10.0 Å². The fourth-order valence-electron chi connectivity index (χ4n) is 2.88. The van der Waals surface area contributed by atoms with Crippen LogP contribution in [-0.4, -0.2) is 25.8 Å². The summed E-state index contributed by atoms with van der Waals surface area (Å²) in [6.07, 6.45) is 2.94. The van der Waals surface area contributed by atoms with Crippen molar-refractivity contribution in [2.45, 2.75) is 38.0 Å². The van der Waals surface area contributed by atoms with Crippen LogP contribution >= 0.6 is 0 Å². The zero-order chi connectivity index (χ0) is 14.8. The van der Waals surface area contributed by atoms with E-state index in [9.17, 15) is 8.42 Å². The molecule has 112 valence electrons. The molecule has 6 heteroatoms. The van der Waals surface area contributed by atoms with Gasteiger partial charge in [0.25, 0.3) is 0 Å². The fraction of sp³-hybridized carbons (Fsp3) is 0.571. The molecular formula is C14H23N3O2S. The molecule has 0 bridgehead atoms. The van der Waals surface area contributed by atoms with Crippen molar-refractivity contribution in [2.75, 3.05) is 18.5 Å². The lowest BCUT2D eigenvalue weighted by Gasteiger charge is -2.26. The van der Waals surface area contributed by atoms with Crippen molar-refractivity contribution in [1.82, 2.24) is 4.31 Å². The Hall–Kier alpha value is -1.11. The lowest BCUT2D eigenvalue weighted by Crippen LogP contribution is -2.32. The summed E-state index contributed by atoms with van der Waals surface area (Å²) in [4.78, 5) is 0.255. The molecular weight excluding hydrogens is 274 g/mol. The van der Waals surface area contributed by atoms with Crippen molar-refractivity contribution in [1.29, 1.82) is 0 Å². The maximum absolute atomic E-state index is 12.8. The summed E-state index contributed by atoms with van der Waals surface area (Å²) in [5.41, 5.74) is 3.03. The third-order valence-corrected chi connectivity index (χ3v) is 6.47. The second-order valence-corrected chi connectivity index (χ2v) is 7.34. The number of sulfonamides is 1. The Morgan fingerprint density at radius 1 is 1.30 bits per heavy atom. The summed E-state index contributed by atoms with van der Waals surface area (Å²) in [6.45, 7) is 5.45. The van der Waals surface area contributed by atoms with Crippen LogP contribution in [-0.2, 0) is 10.0 Å². The molecule has 1 fully saturated rings. The van der Waals surface area contributed by atoms with E-state index in [2.05, 4.69) is 19.3 Å². The minimum absolute atomic E-state index is 0.123. The van der Waals surface area contributed by atoms with Crippen LogP contribution in [0.3, 0.4) is 0 Å². The maximum Gasteiger partial charge on any atom is 0.245 e. The van der Waals surface area contributed by atoms with Gasteiger partial charge in [0.05, 0.1) is 5.69 Å². The molecule has 3 N–H and O–H groups in total. The number of benzene rings is 1. The maximum atomic E-state index is 12.8. The molecule has 5 nitrogen and oxygen atoms in total. The molecule has 1 aromatic carbocycles. The second kappa shape index (κ2) is 5.71. The summed E-state index contributed by atoms with van der Waals surface area (Å²) < 4.78 is 27.1. The first-order chi connectivity index (χ1) is 9.49. The van der Waals surface area contributed by atoms with Gasteiger partial charge in [-0.1, -0.05) is 26.0 Å². The monoisotopic (exact) mass is 297 g/mol. The van der Waals surface area contributed by atoms with Gasteiger partial charge in [-0.3, -0.25) is 5.84 Å². The van der Waals surface area contributed by atoms with Crippen molar-refractivity contribution in [2.24, 2.45) is 11.3 Å². The van der Waals surface area contributed by atoms with Crippen LogP contribution in [0.1, 0.15) is 33.1 Å². The van der Waals surface area contributed by atoms with E-state index < -0.39 is 10.0 Å². The average molecular weight is 297 g/mol. The average Bonchev–Trinajstić information content (AvgIpc) is 2.93. The van der Waals surface area contributed by atoms with Crippen LogP contribution in [0.5, 0.6) is 0 Å². The standard InChI is InChI=1S/C14H23N3O2S/c1-3-14(4-2)9-10-17(11-14)20(18,19)13-8-6-5-7-12(13)16-15/h5-8,16H,3-4,9-11,15H2,1-2H3. The van der Waals surface area contributed by atoms with Gasteiger partial charge in [-0.25, -0.2) is 8.42 Å². The van der Waals surface area contributed by atoms with Gasteiger partial charge in [-0.05, 0) is 36.8 Å². The van der Waals surface area contributed by atoms with Crippen LogP contribution in [0, 0.1) is 5.41 Å². The molecule has 20 heavy (non-hydrogen) atoms. The van der Waals surface area contributed by atoms with Gasteiger partial charge >= 0.3 is 0 Å². The molecule has 2 rings (SSSR count). The van der Waals surface area contributed by atoms with Crippen LogP contribution in [0.15, 0.2) is 29.2 Å². The first kappa shape index (κ1) is 15.3. The van der Waals surface area contributed by atoms with Crippen molar-refractivity contribution in [3.8, 4) is 0 Å². The summed E-state index contributed by atoms with van der Waals surface area (Å²) >= 11 is 0. The number of nitrogen functional groups attached to an aromatic ring is 1. The molecule has 0 unspecified atom stereocenters. The lowest BCUT2D eigenvalue weighted by atomic mass is 9.82. The van der Waals surface area contributed by atoms with Crippen LogP contribution in [0.2, 0.25) is 0 Å². The number of nitrogens with one attached hydrogen (secondary N) is 1. The highest BCUT2D eigenvalue weighted by Gasteiger charge is 2.41. The quantitative estimate of drug-likeness (QED) is 0.645. The zero-order valence-electron chi connectivity index (χ0n) is 12.1. The smallest absolute Gasteiger partial charge is 0.245 e. The van der Waals surface area contributed by atoms with E-state index in [-0.39, 0.29) is 10.3 Å². The van der Waals surface area contributed by atoms with Crippen molar-refractivity contribution < 1.29 is 8.42 Å². The van der Waals surface area contributed by atoms with Gasteiger partial charge in [0, 0.05) is 13.1 Å². The Morgan fingerprint density at radius 2 is 1.95 bits per heavy atom. The topological polar surface area (TPSA) is 75.4 Å². The predicted molar refractivity (Wildman–Crippen MR) is 80.6 cm³/mol. The molecule has 0 aromatic heterocycles. The molecule has 1 aliphatic heterocycles. The van der Waals surface area contributed by atoms with Crippen LogP contribution < -0.4 is 11.3 Å². The summed E-state index contributed by atoms with van der Waals surface area (Å²) in [5, 5.41) is 0. The Balaban J connectivity index is 2.33. The fourth-order valence-corrected chi connectivity index (χ4v) is 4.59. The largest absolute Gasteiger partial charge is 0.323 e. The Bertz CT molecular complexity index is 568. The van der Waals surface area contributed by atoms with E-state index >= 15 is 0 Å². The first-order valence-electron chi connectivity index (χ1n) is 7.05. The Kier molecular flexibility index (Phi) is 4.36. The highest BCUT2D eigenvalue weighted by Crippen LogP contribution is 2.39. The number of nitrogens with two attached hydrogens (primary N) is 1. The van der Waals surface area contributed by atoms with Gasteiger partial charge in [-0.15, -0.1) is 0 Å². The number of hydrazine groups is 1. The molecule has 1 aliphatic rings. The highest BCUT2D eigenvalue weighted by molar-refractivity contribution is 7.89. The third-order valence-electron chi connectivity index (χ3n) is 4.56. The second-order valence-electron chi connectivity index (χ2n) is 5.44. The number of anilines is 1. The van der Waals surface area contributed by atoms with Gasteiger partial charge in [-0.2, -0.15) is 4.31 Å². The van der Waals surface area contributed by atoms with Crippen molar-refractivity contribution in [3.05, 3.63) is 24.3 Å². The SMILES string of the molecule is CCC1(CC)CCN(S(=O)(=O)c2ccccc2NN)C1.